The summed E-state index contributed by atoms with van der Waals surface area (Å²) in [6.45, 7) is 4.09. The van der Waals surface area contributed by atoms with Crippen molar-refractivity contribution in [2.75, 3.05) is 5.33 Å². The topological polar surface area (TPSA) is 9.23 Å². The number of aryl methyl sites for hydroxylation is 1. The zero-order valence-corrected chi connectivity index (χ0v) is 9.67. The Morgan fingerprint density at radius 3 is 2.62 bits per heavy atom. The number of benzene rings is 1. The number of hydrogen-bond donors (Lipinski definition) is 0. The molecule has 1 nitrogen and oxygen atoms in total. The van der Waals surface area contributed by atoms with Crippen LogP contribution >= 0.6 is 15.9 Å². The molecular weight excluding hydrogens is 228 g/mol. The van der Waals surface area contributed by atoms with E-state index in [0.29, 0.717) is 0 Å². The molecule has 0 fully saturated rings. The lowest BCUT2D eigenvalue weighted by Crippen LogP contribution is -2.07. The number of ether oxygens (including phenoxy) is 1. The fraction of sp³-hybridized carbons (Fsp3) is 0.455. The molecule has 0 atom stereocenters. The third-order valence-electron chi connectivity index (χ3n) is 1.70. The van der Waals surface area contributed by atoms with Crippen molar-refractivity contribution in [3.8, 4) is 5.75 Å². The summed E-state index contributed by atoms with van der Waals surface area (Å²) in [5, 5.41) is 0.978. The molecule has 1 aromatic carbocycles. The van der Waals surface area contributed by atoms with Gasteiger partial charge in [-0.1, -0.05) is 34.1 Å². The number of halogens is 1. The van der Waals surface area contributed by atoms with Gasteiger partial charge in [-0.15, -0.1) is 0 Å². The molecule has 0 spiro atoms. The Kier molecular flexibility index (Phi) is 4.29. The Hall–Kier alpha value is -0.500. The molecule has 2 heteroatoms. The van der Waals surface area contributed by atoms with Gasteiger partial charge in [-0.3, -0.25) is 0 Å². The Balaban J connectivity index is 2.78. The van der Waals surface area contributed by atoms with E-state index in [1.807, 2.05) is 32.0 Å². The summed E-state index contributed by atoms with van der Waals surface area (Å²) in [6, 6.07) is 8.19. The van der Waals surface area contributed by atoms with Gasteiger partial charge in [-0.2, -0.15) is 0 Å². The molecule has 0 aliphatic carbocycles. The number of rotatable bonds is 4. The summed E-state index contributed by atoms with van der Waals surface area (Å²) >= 11 is 3.43. The molecule has 0 heterocycles. The first-order valence-corrected chi connectivity index (χ1v) is 5.66. The van der Waals surface area contributed by atoms with Crippen molar-refractivity contribution in [3.05, 3.63) is 29.8 Å². The highest BCUT2D eigenvalue weighted by Crippen LogP contribution is 2.20. The maximum atomic E-state index is 5.68. The van der Waals surface area contributed by atoms with Gasteiger partial charge in [-0.05, 0) is 31.9 Å². The summed E-state index contributed by atoms with van der Waals surface area (Å²) < 4.78 is 5.68. The van der Waals surface area contributed by atoms with Crippen LogP contribution in [-0.4, -0.2) is 11.4 Å². The van der Waals surface area contributed by atoms with Crippen molar-refractivity contribution in [3.63, 3.8) is 0 Å². The standard InChI is InChI=1S/C11H15BrO/c1-9(2)13-11-6-4-3-5-10(11)7-8-12/h3-6,9H,7-8H2,1-2H3. The van der Waals surface area contributed by atoms with Crippen LogP contribution < -0.4 is 4.74 Å². The predicted octanol–water partition coefficient (Wildman–Crippen LogP) is 3.41. The van der Waals surface area contributed by atoms with Crippen LogP contribution in [0.4, 0.5) is 0 Å². The highest BCUT2D eigenvalue weighted by atomic mass is 79.9. The maximum Gasteiger partial charge on any atom is 0.122 e. The summed E-state index contributed by atoms with van der Waals surface area (Å²) in [7, 11) is 0. The minimum absolute atomic E-state index is 0.247. The fourth-order valence-corrected chi connectivity index (χ4v) is 1.61. The highest BCUT2D eigenvalue weighted by Gasteiger charge is 2.03. The van der Waals surface area contributed by atoms with E-state index < -0.39 is 0 Å². The van der Waals surface area contributed by atoms with Crippen molar-refractivity contribution in [2.24, 2.45) is 0 Å². The molecule has 0 saturated heterocycles. The molecule has 1 rings (SSSR count). The first-order chi connectivity index (χ1) is 6.24. The van der Waals surface area contributed by atoms with Crippen molar-refractivity contribution in [1.82, 2.24) is 0 Å². The summed E-state index contributed by atoms with van der Waals surface area (Å²) in [6.07, 6.45) is 1.26. The zero-order chi connectivity index (χ0) is 9.68. The van der Waals surface area contributed by atoms with Gasteiger partial charge in [0.2, 0.25) is 0 Å². The first kappa shape index (κ1) is 10.6. The Morgan fingerprint density at radius 1 is 1.31 bits per heavy atom. The van der Waals surface area contributed by atoms with Crippen LogP contribution in [0.5, 0.6) is 5.75 Å². The molecule has 1 aromatic rings. The van der Waals surface area contributed by atoms with Gasteiger partial charge in [0, 0.05) is 5.33 Å². The van der Waals surface area contributed by atoms with E-state index in [9.17, 15) is 0 Å². The van der Waals surface area contributed by atoms with E-state index in [0.717, 1.165) is 17.5 Å². The van der Waals surface area contributed by atoms with Gasteiger partial charge in [0.05, 0.1) is 6.10 Å². The van der Waals surface area contributed by atoms with Crippen molar-refractivity contribution in [1.29, 1.82) is 0 Å². The number of hydrogen-bond acceptors (Lipinski definition) is 1. The summed E-state index contributed by atoms with van der Waals surface area (Å²) in [4.78, 5) is 0. The predicted molar refractivity (Wildman–Crippen MR) is 59.7 cm³/mol. The van der Waals surface area contributed by atoms with Crippen molar-refractivity contribution < 1.29 is 4.74 Å². The second kappa shape index (κ2) is 5.28. The van der Waals surface area contributed by atoms with Gasteiger partial charge in [0.25, 0.3) is 0 Å². The monoisotopic (exact) mass is 242 g/mol. The average molecular weight is 243 g/mol. The molecule has 0 amide bonds. The number of para-hydroxylation sites is 1. The Bertz CT molecular complexity index is 258. The summed E-state index contributed by atoms with van der Waals surface area (Å²) in [5.41, 5.74) is 1.27. The molecule has 0 radical (unpaired) electrons. The third kappa shape index (κ3) is 3.39. The third-order valence-corrected chi connectivity index (χ3v) is 2.10. The molecular formula is C11H15BrO. The van der Waals surface area contributed by atoms with E-state index in [2.05, 4.69) is 22.0 Å². The quantitative estimate of drug-likeness (QED) is 0.736. The van der Waals surface area contributed by atoms with Crippen molar-refractivity contribution in [2.45, 2.75) is 26.4 Å². The van der Waals surface area contributed by atoms with Gasteiger partial charge >= 0.3 is 0 Å². The van der Waals surface area contributed by atoms with Gasteiger partial charge < -0.3 is 4.74 Å². The molecule has 0 aliphatic heterocycles. The van der Waals surface area contributed by atoms with Crippen LogP contribution in [0, 0.1) is 0 Å². The molecule has 0 saturated carbocycles. The van der Waals surface area contributed by atoms with Gasteiger partial charge in [0.15, 0.2) is 0 Å². The lowest BCUT2D eigenvalue weighted by atomic mass is 10.1. The van der Waals surface area contributed by atoms with Crippen LogP contribution in [-0.2, 0) is 6.42 Å². The van der Waals surface area contributed by atoms with E-state index in [1.54, 1.807) is 0 Å². The average Bonchev–Trinajstić information content (AvgIpc) is 2.08. The minimum Gasteiger partial charge on any atom is -0.491 e. The van der Waals surface area contributed by atoms with Gasteiger partial charge in [-0.25, -0.2) is 0 Å². The molecule has 0 bridgehead atoms. The van der Waals surface area contributed by atoms with Crippen LogP contribution in [0.1, 0.15) is 19.4 Å². The van der Waals surface area contributed by atoms with E-state index in [1.165, 1.54) is 5.56 Å². The number of alkyl halides is 1. The van der Waals surface area contributed by atoms with Crippen LogP contribution in [0.25, 0.3) is 0 Å². The second-order valence-corrected chi connectivity index (χ2v) is 4.01. The van der Waals surface area contributed by atoms with E-state index in [-0.39, 0.29) is 6.10 Å². The van der Waals surface area contributed by atoms with E-state index in [4.69, 9.17) is 4.74 Å². The largest absolute Gasteiger partial charge is 0.491 e. The molecule has 0 unspecified atom stereocenters. The minimum atomic E-state index is 0.247. The highest BCUT2D eigenvalue weighted by molar-refractivity contribution is 9.09. The van der Waals surface area contributed by atoms with Crippen molar-refractivity contribution >= 4 is 15.9 Å². The molecule has 72 valence electrons. The van der Waals surface area contributed by atoms with E-state index >= 15 is 0 Å². The lowest BCUT2D eigenvalue weighted by molar-refractivity contribution is 0.240. The fourth-order valence-electron chi connectivity index (χ4n) is 1.18. The van der Waals surface area contributed by atoms with Crippen LogP contribution in [0.15, 0.2) is 24.3 Å². The maximum absolute atomic E-state index is 5.68. The SMILES string of the molecule is CC(C)Oc1ccccc1CCBr. The van der Waals surface area contributed by atoms with Crippen LogP contribution in [0.3, 0.4) is 0 Å². The lowest BCUT2D eigenvalue weighted by Gasteiger charge is -2.13. The first-order valence-electron chi connectivity index (χ1n) is 4.54. The zero-order valence-electron chi connectivity index (χ0n) is 8.09. The summed E-state index contributed by atoms with van der Waals surface area (Å²) in [5.74, 6) is 1.01. The molecule has 0 aromatic heterocycles. The molecule has 0 aliphatic rings. The van der Waals surface area contributed by atoms with Crippen LogP contribution in [0.2, 0.25) is 0 Å². The molecule has 13 heavy (non-hydrogen) atoms. The molecule has 0 N–H and O–H groups in total. The Morgan fingerprint density at radius 2 is 2.00 bits per heavy atom. The second-order valence-electron chi connectivity index (χ2n) is 3.21. The normalized spacial score (nSPS) is 10.5. The smallest absolute Gasteiger partial charge is 0.122 e. The Labute approximate surface area is 88.2 Å². The van der Waals surface area contributed by atoms with Gasteiger partial charge in [0.1, 0.15) is 5.75 Å².